The first-order chi connectivity index (χ1) is 8.25. The summed E-state index contributed by atoms with van der Waals surface area (Å²) >= 11 is 0. The summed E-state index contributed by atoms with van der Waals surface area (Å²) < 4.78 is 38.3. The zero-order valence-electron chi connectivity index (χ0n) is 10.2. The van der Waals surface area contributed by atoms with E-state index in [0.29, 0.717) is 5.69 Å². The van der Waals surface area contributed by atoms with Gasteiger partial charge in [-0.3, -0.25) is 0 Å². The smallest absolute Gasteiger partial charge is 0.392 e. The van der Waals surface area contributed by atoms with E-state index in [0.717, 1.165) is 6.07 Å². The van der Waals surface area contributed by atoms with Crippen LogP contribution in [0.1, 0.15) is 18.1 Å². The highest BCUT2D eigenvalue weighted by atomic mass is 19.4. The standard InChI is InChI=1S/C12H16F3NO2/c1-8(18)6-16(2)10-4-3-9(7-17)11(5-10)12(13,14)15/h3-5,8,17-18H,6-7H2,1-2H3. The second-order valence-electron chi connectivity index (χ2n) is 4.23. The van der Waals surface area contributed by atoms with Crippen LogP contribution in [0.25, 0.3) is 0 Å². The number of anilines is 1. The van der Waals surface area contributed by atoms with Gasteiger partial charge in [0.1, 0.15) is 0 Å². The third-order valence-electron chi connectivity index (χ3n) is 2.55. The molecule has 6 heteroatoms. The van der Waals surface area contributed by atoms with Crippen LogP contribution in [-0.4, -0.2) is 29.9 Å². The number of benzene rings is 1. The first-order valence-electron chi connectivity index (χ1n) is 5.46. The highest BCUT2D eigenvalue weighted by Crippen LogP contribution is 2.34. The molecule has 18 heavy (non-hydrogen) atoms. The highest BCUT2D eigenvalue weighted by Gasteiger charge is 2.33. The van der Waals surface area contributed by atoms with E-state index in [-0.39, 0.29) is 12.1 Å². The van der Waals surface area contributed by atoms with Gasteiger partial charge in [0.05, 0.1) is 18.3 Å². The van der Waals surface area contributed by atoms with Gasteiger partial charge in [-0.2, -0.15) is 13.2 Å². The number of halogens is 3. The molecule has 0 spiro atoms. The minimum absolute atomic E-state index is 0.156. The van der Waals surface area contributed by atoms with Crippen LogP contribution in [0.15, 0.2) is 18.2 Å². The quantitative estimate of drug-likeness (QED) is 0.873. The SMILES string of the molecule is CC(O)CN(C)c1ccc(CO)c(C(F)(F)F)c1. The molecule has 0 saturated carbocycles. The maximum Gasteiger partial charge on any atom is 0.416 e. The lowest BCUT2D eigenvalue weighted by Gasteiger charge is -2.23. The Bertz CT molecular complexity index is 405. The summed E-state index contributed by atoms with van der Waals surface area (Å²) in [5.74, 6) is 0. The second-order valence-corrected chi connectivity index (χ2v) is 4.23. The Kier molecular flexibility index (Phi) is 4.59. The largest absolute Gasteiger partial charge is 0.416 e. The van der Waals surface area contributed by atoms with Gasteiger partial charge in [0.2, 0.25) is 0 Å². The van der Waals surface area contributed by atoms with Gasteiger partial charge in [-0.15, -0.1) is 0 Å². The summed E-state index contributed by atoms with van der Waals surface area (Å²) in [6, 6.07) is 3.72. The number of nitrogens with zero attached hydrogens (tertiary/aromatic N) is 1. The molecule has 0 fully saturated rings. The fourth-order valence-electron chi connectivity index (χ4n) is 1.71. The van der Waals surface area contributed by atoms with E-state index in [1.807, 2.05) is 0 Å². The fraction of sp³-hybridized carbons (Fsp3) is 0.500. The molecule has 0 aliphatic heterocycles. The van der Waals surface area contributed by atoms with Crippen LogP contribution in [0.4, 0.5) is 18.9 Å². The number of rotatable bonds is 4. The lowest BCUT2D eigenvalue weighted by Crippen LogP contribution is -2.27. The number of aliphatic hydroxyl groups excluding tert-OH is 2. The third kappa shape index (κ3) is 3.61. The summed E-state index contributed by atoms with van der Waals surface area (Å²) in [6.07, 6.45) is -5.14. The maximum atomic E-state index is 12.8. The van der Waals surface area contributed by atoms with Crippen molar-refractivity contribution in [3.63, 3.8) is 0 Å². The predicted octanol–water partition coefficient (Wildman–Crippen LogP) is 2.01. The molecule has 0 amide bonds. The molecule has 2 N–H and O–H groups in total. The second kappa shape index (κ2) is 5.58. The minimum atomic E-state index is -4.50. The topological polar surface area (TPSA) is 43.7 Å². The van der Waals surface area contributed by atoms with Gasteiger partial charge in [-0.25, -0.2) is 0 Å². The summed E-state index contributed by atoms with van der Waals surface area (Å²) in [6.45, 7) is 1.13. The summed E-state index contributed by atoms with van der Waals surface area (Å²) in [5.41, 5.74) is -0.655. The maximum absolute atomic E-state index is 12.8. The van der Waals surface area contributed by atoms with Crippen LogP contribution >= 0.6 is 0 Å². The third-order valence-corrected chi connectivity index (χ3v) is 2.55. The van der Waals surface area contributed by atoms with Crippen LogP contribution in [0, 0.1) is 0 Å². The van der Waals surface area contributed by atoms with Gasteiger partial charge >= 0.3 is 6.18 Å². The first-order valence-corrected chi connectivity index (χ1v) is 5.46. The molecule has 1 aromatic rings. The number of likely N-dealkylation sites (N-methyl/N-ethyl adjacent to an activating group) is 1. The van der Waals surface area contributed by atoms with Gasteiger partial charge in [-0.1, -0.05) is 6.07 Å². The zero-order chi connectivity index (χ0) is 13.9. The fourth-order valence-corrected chi connectivity index (χ4v) is 1.71. The Labute approximate surface area is 103 Å². The van der Waals surface area contributed by atoms with Crippen LogP contribution in [0.5, 0.6) is 0 Å². The molecule has 0 radical (unpaired) electrons. The van der Waals surface area contributed by atoms with Crippen LogP contribution < -0.4 is 4.90 Å². The number of hydrogen-bond donors (Lipinski definition) is 2. The molecule has 1 rings (SSSR count). The number of alkyl halides is 3. The van der Waals surface area contributed by atoms with E-state index < -0.39 is 24.5 Å². The average Bonchev–Trinajstić information content (AvgIpc) is 2.26. The molecular weight excluding hydrogens is 247 g/mol. The summed E-state index contributed by atoms with van der Waals surface area (Å²) in [5, 5.41) is 18.1. The van der Waals surface area contributed by atoms with Crippen LogP contribution in [0.2, 0.25) is 0 Å². The molecule has 0 aromatic heterocycles. The summed E-state index contributed by atoms with van der Waals surface area (Å²) in [4.78, 5) is 1.53. The Hall–Kier alpha value is -1.27. The highest BCUT2D eigenvalue weighted by molar-refractivity contribution is 5.51. The molecule has 0 saturated heterocycles. The zero-order valence-corrected chi connectivity index (χ0v) is 10.2. The van der Waals surface area contributed by atoms with Gasteiger partial charge in [0, 0.05) is 19.3 Å². The van der Waals surface area contributed by atoms with Crippen molar-refractivity contribution >= 4 is 5.69 Å². The molecule has 102 valence electrons. The first kappa shape index (κ1) is 14.8. The lowest BCUT2D eigenvalue weighted by molar-refractivity contribution is -0.138. The molecule has 0 heterocycles. The van der Waals surface area contributed by atoms with Crippen molar-refractivity contribution < 1.29 is 23.4 Å². The Morgan fingerprint density at radius 1 is 1.33 bits per heavy atom. The number of hydrogen-bond acceptors (Lipinski definition) is 3. The van der Waals surface area contributed by atoms with Crippen LogP contribution in [-0.2, 0) is 12.8 Å². The molecule has 3 nitrogen and oxygen atoms in total. The Balaban J connectivity index is 3.10. The normalized spacial score (nSPS) is 13.5. The molecule has 1 aromatic carbocycles. The van der Waals surface area contributed by atoms with Crippen molar-refractivity contribution in [2.75, 3.05) is 18.5 Å². The van der Waals surface area contributed by atoms with Gasteiger partial charge in [-0.05, 0) is 24.6 Å². The Morgan fingerprint density at radius 2 is 1.94 bits per heavy atom. The van der Waals surface area contributed by atoms with Gasteiger partial charge in [0.15, 0.2) is 0 Å². The van der Waals surface area contributed by atoms with Crippen molar-refractivity contribution in [3.8, 4) is 0 Å². The van der Waals surface area contributed by atoms with E-state index in [4.69, 9.17) is 5.11 Å². The van der Waals surface area contributed by atoms with Crippen molar-refractivity contribution in [1.82, 2.24) is 0 Å². The monoisotopic (exact) mass is 263 g/mol. The average molecular weight is 263 g/mol. The molecular formula is C12H16F3NO2. The van der Waals surface area contributed by atoms with Gasteiger partial charge < -0.3 is 15.1 Å². The van der Waals surface area contributed by atoms with E-state index in [9.17, 15) is 18.3 Å². The number of aliphatic hydroxyl groups is 2. The van der Waals surface area contributed by atoms with Crippen molar-refractivity contribution in [3.05, 3.63) is 29.3 Å². The predicted molar refractivity (Wildman–Crippen MR) is 62.3 cm³/mol. The van der Waals surface area contributed by atoms with Crippen molar-refractivity contribution in [2.24, 2.45) is 0 Å². The molecule has 1 atom stereocenters. The lowest BCUT2D eigenvalue weighted by atomic mass is 10.1. The minimum Gasteiger partial charge on any atom is -0.392 e. The van der Waals surface area contributed by atoms with Crippen molar-refractivity contribution in [1.29, 1.82) is 0 Å². The summed E-state index contributed by atoms with van der Waals surface area (Å²) in [7, 11) is 1.60. The Morgan fingerprint density at radius 3 is 2.39 bits per heavy atom. The van der Waals surface area contributed by atoms with Crippen LogP contribution in [0.3, 0.4) is 0 Å². The van der Waals surface area contributed by atoms with Crippen molar-refractivity contribution in [2.45, 2.75) is 25.8 Å². The van der Waals surface area contributed by atoms with E-state index >= 15 is 0 Å². The van der Waals surface area contributed by atoms with E-state index in [1.54, 1.807) is 14.0 Å². The molecule has 1 unspecified atom stereocenters. The molecule has 0 aliphatic rings. The molecule has 0 bridgehead atoms. The molecule has 0 aliphatic carbocycles. The van der Waals surface area contributed by atoms with Gasteiger partial charge in [0.25, 0.3) is 0 Å². The van der Waals surface area contributed by atoms with E-state index in [1.165, 1.54) is 17.0 Å². The van der Waals surface area contributed by atoms with E-state index in [2.05, 4.69) is 0 Å².